The van der Waals surface area contributed by atoms with Crippen LogP contribution in [0.25, 0.3) is 22.2 Å². The Morgan fingerprint density at radius 3 is 2.45 bits per heavy atom. The van der Waals surface area contributed by atoms with Crippen LogP contribution in [0.15, 0.2) is 66.7 Å². The van der Waals surface area contributed by atoms with Crippen molar-refractivity contribution in [2.45, 2.75) is 38.3 Å². The number of nitrogens with one attached hydrogen (secondary N) is 1. The van der Waals surface area contributed by atoms with Crippen molar-refractivity contribution in [3.8, 4) is 17.3 Å². The number of hydrogen-bond donors (Lipinski definition) is 1. The van der Waals surface area contributed by atoms with Crippen LogP contribution in [0, 0.1) is 17.1 Å². The molecule has 0 spiro atoms. The van der Waals surface area contributed by atoms with E-state index >= 15 is 0 Å². The van der Waals surface area contributed by atoms with Gasteiger partial charge in [0.1, 0.15) is 18.0 Å². The number of anilines is 2. The maximum atomic E-state index is 13.2. The lowest BCUT2D eigenvalue weighted by molar-refractivity contribution is 0.121. The van der Waals surface area contributed by atoms with Crippen LogP contribution in [0.3, 0.4) is 0 Å². The average Bonchev–Trinajstić information content (AvgIpc) is 3.26. The lowest BCUT2D eigenvalue weighted by Gasteiger charge is -2.31. The number of nitriles is 1. The van der Waals surface area contributed by atoms with Gasteiger partial charge >= 0.3 is 6.09 Å². The SMILES string of the molecule is C[C@@H](OC(=O)Nc1ccc(-c2c(C#N)c3cc(N4CCOCC4)ccc3n2C2CCC2)cc1)c1ccc(F)cc1. The molecule has 0 unspecified atom stereocenters. The van der Waals surface area contributed by atoms with Crippen LogP contribution < -0.4 is 10.2 Å². The number of fused-ring (bicyclic) bond motifs is 1. The normalized spacial score (nSPS) is 16.3. The number of morpholine rings is 1. The second kappa shape index (κ2) is 11.0. The third-order valence-electron chi connectivity index (χ3n) is 7.94. The Labute approximate surface area is 232 Å². The fourth-order valence-corrected chi connectivity index (χ4v) is 5.56. The largest absolute Gasteiger partial charge is 0.441 e. The lowest BCUT2D eigenvalue weighted by Crippen LogP contribution is -2.36. The molecule has 7 nitrogen and oxygen atoms in total. The molecule has 1 saturated heterocycles. The Morgan fingerprint density at radius 1 is 1.07 bits per heavy atom. The highest BCUT2D eigenvalue weighted by molar-refractivity contribution is 5.97. The first kappa shape index (κ1) is 25.9. The molecule has 1 saturated carbocycles. The van der Waals surface area contributed by atoms with E-state index in [-0.39, 0.29) is 5.82 Å². The Bertz CT molecular complexity index is 1560. The van der Waals surface area contributed by atoms with Crippen LogP contribution in [0.4, 0.5) is 20.6 Å². The van der Waals surface area contributed by atoms with Crippen molar-refractivity contribution >= 4 is 28.4 Å². The summed E-state index contributed by atoms with van der Waals surface area (Å²) in [6, 6.07) is 22.7. The van der Waals surface area contributed by atoms with Crippen LogP contribution in [-0.4, -0.2) is 37.0 Å². The zero-order valence-corrected chi connectivity index (χ0v) is 22.4. The second-order valence-electron chi connectivity index (χ2n) is 10.4. The van der Waals surface area contributed by atoms with Gasteiger partial charge in [-0.3, -0.25) is 5.32 Å². The fraction of sp³-hybridized carbons (Fsp3) is 0.312. The molecule has 1 amide bonds. The molecule has 1 N–H and O–H groups in total. The summed E-state index contributed by atoms with van der Waals surface area (Å²) in [5.74, 6) is -0.339. The number of aromatic nitrogens is 1. The van der Waals surface area contributed by atoms with E-state index in [1.807, 2.05) is 24.3 Å². The van der Waals surface area contributed by atoms with E-state index < -0.39 is 12.2 Å². The van der Waals surface area contributed by atoms with Crippen LogP contribution in [-0.2, 0) is 9.47 Å². The number of ether oxygens (including phenoxy) is 2. The van der Waals surface area contributed by atoms with Gasteiger partial charge in [0.15, 0.2) is 0 Å². The minimum atomic E-state index is -0.596. The molecule has 0 radical (unpaired) electrons. The third-order valence-corrected chi connectivity index (χ3v) is 7.94. The molecule has 0 bridgehead atoms. The summed E-state index contributed by atoms with van der Waals surface area (Å²) in [6.07, 6.45) is 2.23. The molecule has 1 aromatic heterocycles. The molecule has 4 aromatic rings. The number of carbonyl (C=O) groups is 1. The van der Waals surface area contributed by atoms with Crippen molar-refractivity contribution in [1.82, 2.24) is 4.57 Å². The topological polar surface area (TPSA) is 79.5 Å². The van der Waals surface area contributed by atoms with Crippen molar-refractivity contribution in [3.63, 3.8) is 0 Å². The van der Waals surface area contributed by atoms with Gasteiger partial charge in [-0.15, -0.1) is 0 Å². The summed E-state index contributed by atoms with van der Waals surface area (Å²) in [6.45, 7) is 4.82. The fourth-order valence-electron chi connectivity index (χ4n) is 5.56. The molecule has 8 heteroatoms. The lowest BCUT2D eigenvalue weighted by atomic mass is 9.92. The summed E-state index contributed by atoms with van der Waals surface area (Å²) in [4.78, 5) is 14.8. The van der Waals surface area contributed by atoms with E-state index in [9.17, 15) is 14.4 Å². The molecule has 3 aromatic carbocycles. The molecule has 2 aliphatic rings. The van der Waals surface area contributed by atoms with E-state index in [0.29, 0.717) is 36.1 Å². The van der Waals surface area contributed by atoms with Gasteiger partial charge in [-0.05, 0) is 79.8 Å². The van der Waals surface area contributed by atoms with Gasteiger partial charge in [0.05, 0.1) is 30.0 Å². The van der Waals surface area contributed by atoms with Gasteiger partial charge in [-0.1, -0.05) is 24.3 Å². The van der Waals surface area contributed by atoms with Crippen molar-refractivity contribution in [3.05, 3.63) is 83.7 Å². The number of benzene rings is 3. The van der Waals surface area contributed by atoms with Crippen LogP contribution in [0.2, 0.25) is 0 Å². The van der Waals surface area contributed by atoms with Gasteiger partial charge in [0.25, 0.3) is 0 Å². The van der Waals surface area contributed by atoms with Crippen LogP contribution in [0.5, 0.6) is 0 Å². The van der Waals surface area contributed by atoms with Gasteiger partial charge < -0.3 is 18.9 Å². The predicted molar refractivity (Wildman–Crippen MR) is 153 cm³/mol. The van der Waals surface area contributed by atoms with Gasteiger partial charge in [0, 0.05) is 35.9 Å². The summed E-state index contributed by atoms with van der Waals surface area (Å²) in [7, 11) is 0. The first-order valence-corrected chi connectivity index (χ1v) is 13.8. The van der Waals surface area contributed by atoms with E-state index in [1.54, 1.807) is 19.1 Å². The molecule has 2 heterocycles. The molecule has 2 fully saturated rings. The Kier molecular flexibility index (Phi) is 7.14. The quantitative estimate of drug-likeness (QED) is 0.281. The Balaban J connectivity index is 1.27. The van der Waals surface area contributed by atoms with Gasteiger partial charge in [-0.25, -0.2) is 9.18 Å². The van der Waals surface area contributed by atoms with E-state index in [1.165, 1.54) is 18.6 Å². The Morgan fingerprint density at radius 2 is 1.80 bits per heavy atom. The number of nitrogens with zero attached hydrogens (tertiary/aromatic N) is 3. The van der Waals surface area contributed by atoms with Crippen molar-refractivity contribution in [2.75, 3.05) is 36.5 Å². The molecule has 1 aliphatic heterocycles. The standard InChI is InChI=1S/C32H31FN4O3/c1-21(22-5-9-24(33)10-6-22)40-32(38)35-25-11-7-23(8-12-25)31-29(20-34)28-19-27(36-15-17-39-18-16-36)13-14-30(28)37(31)26-3-2-4-26/h5-14,19,21,26H,2-4,15-18H2,1H3,(H,35,38)/t21-/m1/s1. The first-order chi connectivity index (χ1) is 19.5. The van der Waals surface area contributed by atoms with E-state index in [0.717, 1.165) is 53.8 Å². The minimum absolute atomic E-state index is 0.339. The molecule has 40 heavy (non-hydrogen) atoms. The summed E-state index contributed by atoms with van der Waals surface area (Å²) >= 11 is 0. The number of hydrogen-bond acceptors (Lipinski definition) is 5. The van der Waals surface area contributed by atoms with E-state index in [2.05, 4.69) is 39.1 Å². The highest BCUT2D eigenvalue weighted by Gasteiger charge is 2.28. The molecule has 204 valence electrons. The molecule has 1 aliphatic carbocycles. The van der Waals surface area contributed by atoms with Gasteiger partial charge in [-0.2, -0.15) is 5.26 Å². The molecule has 1 atom stereocenters. The Hall–Kier alpha value is -4.35. The van der Waals surface area contributed by atoms with Gasteiger partial charge in [0.2, 0.25) is 0 Å². The second-order valence-corrected chi connectivity index (χ2v) is 10.4. The maximum absolute atomic E-state index is 13.2. The highest BCUT2D eigenvalue weighted by Crippen LogP contribution is 2.43. The molecule has 6 rings (SSSR count). The summed E-state index contributed by atoms with van der Waals surface area (Å²) < 4.78 is 26.5. The van der Waals surface area contributed by atoms with Crippen molar-refractivity contribution in [2.24, 2.45) is 0 Å². The maximum Gasteiger partial charge on any atom is 0.412 e. The van der Waals surface area contributed by atoms with Crippen molar-refractivity contribution in [1.29, 1.82) is 5.26 Å². The molecular weight excluding hydrogens is 507 g/mol. The average molecular weight is 539 g/mol. The van der Waals surface area contributed by atoms with Crippen molar-refractivity contribution < 1.29 is 18.7 Å². The smallest absolute Gasteiger partial charge is 0.412 e. The van der Waals surface area contributed by atoms with Crippen LogP contribution >= 0.6 is 0 Å². The zero-order valence-electron chi connectivity index (χ0n) is 22.4. The number of amides is 1. The first-order valence-electron chi connectivity index (χ1n) is 13.8. The number of halogens is 1. The highest BCUT2D eigenvalue weighted by atomic mass is 19.1. The predicted octanol–water partition coefficient (Wildman–Crippen LogP) is 7.19. The minimum Gasteiger partial charge on any atom is -0.441 e. The summed E-state index contributed by atoms with van der Waals surface area (Å²) in [5, 5.41) is 14.1. The third kappa shape index (κ3) is 5.01. The van der Waals surface area contributed by atoms with Crippen LogP contribution in [0.1, 0.15) is 49.5 Å². The molecular formula is C32H31FN4O3. The number of carbonyl (C=O) groups excluding carboxylic acids is 1. The van der Waals surface area contributed by atoms with E-state index in [4.69, 9.17) is 9.47 Å². The zero-order chi connectivity index (χ0) is 27.6. The monoisotopic (exact) mass is 538 g/mol. The summed E-state index contributed by atoms with van der Waals surface area (Å²) in [5.41, 5.74) is 5.99. The number of rotatable bonds is 6.